The first-order valence-electron chi connectivity index (χ1n) is 9.74. The van der Waals surface area contributed by atoms with Gasteiger partial charge in [-0.15, -0.1) is 0 Å². The fourth-order valence-electron chi connectivity index (χ4n) is 6.03. The van der Waals surface area contributed by atoms with Gasteiger partial charge in [0.15, 0.2) is 5.78 Å². The molecule has 3 aliphatic carbocycles. The number of rotatable bonds is 2. The van der Waals surface area contributed by atoms with Crippen LogP contribution in [0.25, 0.3) is 5.57 Å². The van der Waals surface area contributed by atoms with E-state index in [4.69, 9.17) is 0 Å². The van der Waals surface area contributed by atoms with Gasteiger partial charge in [0, 0.05) is 11.0 Å². The Bertz CT molecular complexity index is 935. The van der Waals surface area contributed by atoms with Crippen molar-refractivity contribution in [2.75, 3.05) is 0 Å². The fourth-order valence-corrected chi connectivity index (χ4v) is 6.03. The second-order valence-corrected chi connectivity index (χ2v) is 8.19. The lowest BCUT2D eigenvalue weighted by Crippen LogP contribution is -2.48. The molecule has 1 nitrogen and oxygen atoms in total. The molecule has 3 aliphatic rings. The van der Waals surface area contributed by atoms with Crippen molar-refractivity contribution >= 4 is 11.4 Å². The highest BCUT2D eigenvalue weighted by molar-refractivity contribution is 6.30. The number of carbonyl (C=O) groups excluding carboxylic acids is 1. The van der Waals surface area contributed by atoms with E-state index in [0.717, 1.165) is 36.8 Å². The molecule has 26 heavy (non-hydrogen) atoms. The van der Waals surface area contributed by atoms with Crippen molar-refractivity contribution in [1.29, 1.82) is 0 Å². The number of benzene rings is 2. The molecule has 0 aromatic heterocycles. The minimum absolute atomic E-state index is 0.0184. The van der Waals surface area contributed by atoms with Crippen LogP contribution in [0.15, 0.2) is 77.9 Å². The summed E-state index contributed by atoms with van der Waals surface area (Å²) in [5.74, 6) is 0.355. The molecule has 0 heterocycles. The molecule has 2 aromatic carbocycles. The van der Waals surface area contributed by atoms with Gasteiger partial charge >= 0.3 is 0 Å². The van der Waals surface area contributed by atoms with Gasteiger partial charge in [-0.05, 0) is 50.2 Å². The largest absolute Gasteiger partial charge is 0.293 e. The first-order chi connectivity index (χ1) is 12.7. The molecule has 0 amide bonds. The molecule has 2 atom stereocenters. The maximum Gasteiger partial charge on any atom is 0.175 e. The first-order valence-corrected chi connectivity index (χ1v) is 9.74. The van der Waals surface area contributed by atoms with Crippen molar-refractivity contribution in [3.05, 3.63) is 89.0 Å². The number of carbonyl (C=O) groups is 1. The van der Waals surface area contributed by atoms with Crippen LogP contribution in [-0.2, 0) is 10.2 Å². The van der Waals surface area contributed by atoms with Crippen LogP contribution in [0.4, 0.5) is 0 Å². The van der Waals surface area contributed by atoms with E-state index in [0.29, 0.717) is 5.78 Å². The maximum atomic E-state index is 14.1. The first kappa shape index (κ1) is 15.8. The second-order valence-electron chi connectivity index (χ2n) is 8.19. The SMILES string of the molecule is CC1=CC[C@]2(c3ccccc3)C(=O)C(c3ccccc3)=C3CCC[C@]32C1. The van der Waals surface area contributed by atoms with E-state index in [-0.39, 0.29) is 5.41 Å². The van der Waals surface area contributed by atoms with E-state index < -0.39 is 5.41 Å². The Morgan fingerprint density at radius 1 is 0.923 bits per heavy atom. The van der Waals surface area contributed by atoms with Gasteiger partial charge in [0.25, 0.3) is 0 Å². The molecule has 2 aromatic rings. The van der Waals surface area contributed by atoms with E-state index in [2.05, 4.69) is 67.6 Å². The minimum Gasteiger partial charge on any atom is -0.293 e. The lowest BCUT2D eigenvalue weighted by Gasteiger charge is -2.47. The molecule has 0 N–H and O–H groups in total. The highest BCUT2D eigenvalue weighted by Gasteiger charge is 2.66. The minimum atomic E-state index is -0.412. The zero-order valence-corrected chi connectivity index (χ0v) is 15.3. The smallest absolute Gasteiger partial charge is 0.175 e. The van der Waals surface area contributed by atoms with Crippen LogP contribution >= 0.6 is 0 Å². The van der Waals surface area contributed by atoms with Gasteiger partial charge in [0.1, 0.15) is 0 Å². The standard InChI is InChI=1S/C25H24O/c1-18-14-16-25(20-11-6-3-7-12-20)23(26)22(19-9-4-2-5-10-19)21-13-8-15-24(21,25)17-18/h2-7,9-12,14H,8,13,15-17H2,1H3/t24-,25-/m0/s1. The van der Waals surface area contributed by atoms with Gasteiger partial charge in [-0.3, -0.25) is 4.79 Å². The zero-order chi connectivity index (χ0) is 17.8. The van der Waals surface area contributed by atoms with Gasteiger partial charge in [-0.25, -0.2) is 0 Å². The summed E-state index contributed by atoms with van der Waals surface area (Å²) < 4.78 is 0. The molecule has 0 unspecified atom stereocenters. The van der Waals surface area contributed by atoms with E-state index >= 15 is 0 Å². The summed E-state index contributed by atoms with van der Waals surface area (Å²) in [4.78, 5) is 14.1. The van der Waals surface area contributed by atoms with Gasteiger partial charge in [-0.1, -0.05) is 77.9 Å². The van der Waals surface area contributed by atoms with Crippen LogP contribution in [0, 0.1) is 5.41 Å². The molecule has 1 spiro atoms. The molecular weight excluding hydrogens is 316 g/mol. The predicted octanol–water partition coefficient (Wildman–Crippen LogP) is 5.87. The summed E-state index contributed by atoms with van der Waals surface area (Å²) in [6.07, 6.45) is 7.57. The van der Waals surface area contributed by atoms with Crippen molar-refractivity contribution in [3.63, 3.8) is 0 Å². The Kier molecular flexibility index (Phi) is 3.37. The number of hydrogen-bond acceptors (Lipinski definition) is 1. The highest BCUT2D eigenvalue weighted by Crippen LogP contribution is 2.69. The monoisotopic (exact) mass is 340 g/mol. The van der Waals surface area contributed by atoms with Crippen molar-refractivity contribution in [2.24, 2.45) is 5.41 Å². The summed E-state index contributed by atoms with van der Waals surface area (Å²) in [6, 6.07) is 21.0. The third-order valence-corrected chi connectivity index (χ3v) is 7.01. The van der Waals surface area contributed by atoms with E-state index in [1.54, 1.807) is 0 Å². The molecule has 1 heteroatoms. The summed E-state index contributed by atoms with van der Waals surface area (Å²) in [5.41, 5.74) is 5.79. The van der Waals surface area contributed by atoms with Crippen LogP contribution in [0.1, 0.15) is 50.2 Å². The van der Waals surface area contributed by atoms with Gasteiger partial charge in [-0.2, -0.15) is 0 Å². The van der Waals surface area contributed by atoms with Gasteiger partial charge in [0.05, 0.1) is 5.41 Å². The lowest BCUT2D eigenvalue weighted by molar-refractivity contribution is -0.121. The Morgan fingerprint density at radius 3 is 2.35 bits per heavy atom. The second kappa shape index (κ2) is 5.54. The summed E-state index contributed by atoms with van der Waals surface area (Å²) >= 11 is 0. The average molecular weight is 340 g/mol. The normalized spacial score (nSPS) is 30.2. The van der Waals surface area contributed by atoms with Crippen molar-refractivity contribution in [1.82, 2.24) is 0 Å². The van der Waals surface area contributed by atoms with E-state index in [1.807, 2.05) is 6.07 Å². The molecule has 0 aliphatic heterocycles. The number of Topliss-reactive ketones (excluding diaryl/α,β-unsaturated/α-hetero) is 1. The third-order valence-electron chi connectivity index (χ3n) is 7.01. The van der Waals surface area contributed by atoms with Gasteiger partial charge < -0.3 is 0 Å². The molecule has 5 rings (SSSR count). The quantitative estimate of drug-likeness (QED) is 0.625. The van der Waals surface area contributed by atoms with Crippen LogP contribution in [0.3, 0.4) is 0 Å². The molecule has 130 valence electrons. The lowest BCUT2D eigenvalue weighted by atomic mass is 9.53. The average Bonchev–Trinajstić information content (AvgIpc) is 3.15. The van der Waals surface area contributed by atoms with Crippen LogP contribution in [-0.4, -0.2) is 5.78 Å². The van der Waals surface area contributed by atoms with Crippen LogP contribution in [0.2, 0.25) is 0 Å². The van der Waals surface area contributed by atoms with Crippen molar-refractivity contribution in [2.45, 2.75) is 44.4 Å². The van der Waals surface area contributed by atoms with Crippen molar-refractivity contribution < 1.29 is 4.79 Å². The topological polar surface area (TPSA) is 17.1 Å². The van der Waals surface area contributed by atoms with Crippen LogP contribution in [0.5, 0.6) is 0 Å². The number of allylic oxidation sites excluding steroid dienone is 4. The molecule has 0 saturated heterocycles. The molecule has 0 radical (unpaired) electrons. The Labute approximate surface area is 155 Å². The summed E-state index contributed by atoms with van der Waals surface area (Å²) in [5, 5.41) is 0. The van der Waals surface area contributed by atoms with Crippen LogP contribution < -0.4 is 0 Å². The Balaban J connectivity index is 1.81. The number of hydrogen-bond donors (Lipinski definition) is 0. The van der Waals surface area contributed by atoms with E-state index in [9.17, 15) is 4.79 Å². The summed E-state index contributed by atoms with van der Waals surface area (Å²) in [7, 11) is 0. The molecule has 1 saturated carbocycles. The fraction of sp³-hybridized carbons (Fsp3) is 0.320. The zero-order valence-electron chi connectivity index (χ0n) is 15.3. The maximum absolute atomic E-state index is 14.1. The Morgan fingerprint density at radius 2 is 1.62 bits per heavy atom. The van der Waals surface area contributed by atoms with Gasteiger partial charge in [0.2, 0.25) is 0 Å². The molecular formula is C25H24O. The molecule has 0 bridgehead atoms. The third kappa shape index (κ3) is 1.84. The van der Waals surface area contributed by atoms with E-state index in [1.165, 1.54) is 23.1 Å². The van der Waals surface area contributed by atoms with Crippen molar-refractivity contribution in [3.8, 4) is 0 Å². The Hall–Kier alpha value is -2.41. The predicted molar refractivity (Wildman–Crippen MR) is 106 cm³/mol. The summed E-state index contributed by atoms with van der Waals surface area (Å²) in [6.45, 7) is 2.24. The number of ketones is 1. The highest BCUT2D eigenvalue weighted by atomic mass is 16.1. The molecule has 1 fully saturated rings.